The Hall–Kier alpha value is -0.830. The second-order valence-corrected chi connectivity index (χ2v) is 3.81. The molecule has 0 spiro atoms. The van der Waals surface area contributed by atoms with Crippen molar-refractivity contribution < 1.29 is 14.3 Å². The highest BCUT2D eigenvalue weighted by Gasteiger charge is 2.21. The van der Waals surface area contributed by atoms with Crippen molar-refractivity contribution in [3.8, 4) is 0 Å². The van der Waals surface area contributed by atoms with Gasteiger partial charge in [0, 0.05) is 5.57 Å². The third kappa shape index (κ3) is 5.42. The van der Waals surface area contributed by atoms with Crippen LogP contribution in [0, 0.1) is 0 Å². The first-order chi connectivity index (χ1) is 5.89. The molecule has 0 bridgehead atoms. The Morgan fingerprint density at radius 3 is 2.38 bits per heavy atom. The van der Waals surface area contributed by atoms with Crippen LogP contribution in [0.1, 0.15) is 26.7 Å². The molecule has 0 aliphatic carbocycles. The summed E-state index contributed by atoms with van der Waals surface area (Å²) in [4.78, 5) is 16.4. The van der Waals surface area contributed by atoms with Crippen LogP contribution in [-0.4, -0.2) is 31.3 Å². The highest BCUT2D eigenvalue weighted by Crippen LogP contribution is 2.05. The third-order valence-corrected chi connectivity index (χ3v) is 1.73. The summed E-state index contributed by atoms with van der Waals surface area (Å²) >= 11 is 0. The Morgan fingerprint density at radius 2 is 2.00 bits per heavy atom. The Labute approximate surface area is 80.5 Å². The standard InChI is InChI=1S/C10H20NO2/c1-6-7-8-11(4,5)13-10(12)9(2)3/h2,6-8H2,1,3-5H3/q+1. The maximum Gasteiger partial charge on any atom is 0.392 e. The van der Waals surface area contributed by atoms with Gasteiger partial charge in [-0.1, -0.05) is 19.9 Å². The van der Waals surface area contributed by atoms with Crippen molar-refractivity contribution in [1.29, 1.82) is 0 Å². The lowest BCUT2D eigenvalue weighted by atomic mass is 10.3. The van der Waals surface area contributed by atoms with Crippen LogP contribution in [0.5, 0.6) is 0 Å². The summed E-state index contributed by atoms with van der Waals surface area (Å²) in [5, 5.41) is 0. The average molecular weight is 186 g/mol. The van der Waals surface area contributed by atoms with Gasteiger partial charge in [-0.2, -0.15) is 0 Å². The van der Waals surface area contributed by atoms with E-state index < -0.39 is 0 Å². The first-order valence-corrected chi connectivity index (χ1v) is 4.61. The van der Waals surface area contributed by atoms with Crippen LogP contribution in [0.25, 0.3) is 0 Å². The zero-order valence-electron chi connectivity index (χ0n) is 9.09. The Kier molecular flexibility index (Phi) is 4.70. The number of unbranched alkanes of at least 4 members (excludes halogenated alkanes) is 1. The molecule has 0 aromatic carbocycles. The Morgan fingerprint density at radius 1 is 1.46 bits per heavy atom. The molecule has 0 saturated carbocycles. The SMILES string of the molecule is C=C(C)C(=O)O[N+](C)(C)CCCC. The molecule has 13 heavy (non-hydrogen) atoms. The van der Waals surface area contributed by atoms with E-state index in [-0.39, 0.29) is 10.6 Å². The largest absolute Gasteiger partial charge is 0.392 e. The molecule has 0 heterocycles. The molecule has 0 amide bonds. The number of rotatable bonds is 5. The molecule has 0 atom stereocenters. The van der Waals surface area contributed by atoms with Crippen molar-refractivity contribution in [1.82, 2.24) is 0 Å². The highest BCUT2D eigenvalue weighted by atomic mass is 16.7. The number of hydrogen-bond acceptors (Lipinski definition) is 2. The zero-order valence-corrected chi connectivity index (χ0v) is 9.09. The number of carbonyl (C=O) groups is 1. The normalized spacial score (nSPS) is 11.1. The number of carbonyl (C=O) groups excluding carboxylic acids is 1. The van der Waals surface area contributed by atoms with Crippen LogP contribution in [0.15, 0.2) is 12.2 Å². The minimum absolute atomic E-state index is 0.277. The third-order valence-electron chi connectivity index (χ3n) is 1.73. The summed E-state index contributed by atoms with van der Waals surface area (Å²) in [6.07, 6.45) is 2.16. The van der Waals surface area contributed by atoms with Crippen molar-refractivity contribution >= 4 is 5.97 Å². The van der Waals surface area contributed by atoms with E-state index in [1.807, 2.05) is 14.1 Å². The first kappa shape index (κ1) is 12.2. The number of nitrogens with zero attached hydrogens (tertiary/aromatic N) is 1. The summed E-state index contributed by atoms with van der Waals surface area (Å²) in [6.45, 7) is 8.14. The lowest BCUT2D eigenvalue weighted by Gasteiger charge is -2.25. The minimum Gasteiger partial charge on any atom is -0.272 e. The van der Waals surface area contributed by atoms with Gasteiger partial charge in [0.05, 0.1) is 0 Å². The molecule has 76 valence electrons. The van der Waals surface area contributed by atoms with Gasteiger partial charge in [0.2, 0.25) is 0 Å². The Balaban J connectivity index is 4.00. The van der Waals surface area contributed by atoms with Crippen molar-refractivity contribution in [2.24, 2.45) is 0 Å². The van der Waals surface area contributed by atoms with Gasteiger partial charge in [0.25, 0.3) is 0 Å². The van der Waals surface area contributed by atoms with Gasteiger partial charge in [0.15, 0.2) is 0 Å². The monoisotopic (exact) mass is 186 g/mol. The fourth-order valence-electron chi connectivity index (χ4n) is 0.887. The molecule has 0 aromatic heterocycles. The second-order valence-electron chi connectivity index (χ2n) is 3.81. The maximum absolute atomic E-state index is 11.2. The molecule has 0 rings (SSSR count). The molecule has 0 unspecified atom stereocenters. The molecule has 0 aliphatic heterocycles. The second kappa shape index (κ2) is 5.02. The van der Waals surface area contributed by atoms with Crippen molar-refractivity contribution in [2.75, 3.05) is 20.6 Å². The van der Waals surface area contributed by atoms with E-state index >= 15 is 0 Å². The van der Waals surface area contributed by atoms with Gasteiger partial charge in [-0.05, 0) is 13.3 Å². The van der Waals surface area contributed by atoms with Crippen LogP contribution in [0.4, 0.5) is 0 Å². The molecule has 0 aromatic rings. The van der Waals surface area contributed by atoms with Crippen LogP contribution in [0.2, 0.25) is 0 Å². The smallest absolute Gasteiger partial charge is 0.272 e. The van der Waals surface area contributed by atoms with Crippen LogP contribution < -0.4 is 0 Å². The fourth-order valence-corrected chi connectivity index (χ4v) is 0.887. The molecular weight excluding hydrogens is 166 g/mol. The predicted octanol–water partition coefficient (Wildman–Crippen LogP) is 1.90. The zero-order chi connectivity index (χ0) is 10.5. The summed E-state index contributed by atoms with van der Waals surface area (Å²) in [5.41, 5.74) is 0.447. The minimum atomic E-state index is -0.318. The highest BCUT2D eigenvalue weighted by molar-refractivity contribution is 5.86. The lowest BCUT2D eigenvalue weighted by molar-refractivity contribution is -1.06. The summed E-state index contributed by atoms with van der Waals surface area (Å²) in [5.74, 6) is -0.318. The van der Waals surface area contributed by atoms with Crippen molar-refractivity contribution in [3.63, 3.8) is 0 Å². The molecule has 0 fully saturated rings. The van der Waals surface area contributed by atoms with Gasteiger partial charge >= 0.3 is 5.97 Å². The van der Waals surface area contributed by atoms with Crippen LogP contribution in [0.3, 0.4) is 0 Å². The average Bonchev–Trinajstić information content (AvgIpc) is 2.00. The summed E-state index contributed by atoms with van der Waals surface area (Å²) < 4.78 is 0.277. The van der Waals surface area contributed by atoms with E-state index in [4.69, 9.17) is 4.84 Å². The van der Waals surface area contributed by atoms with E-state index in [1.54, 1.807) is 6.92 Å². The number of hydrogen-bond donors (Lipinski definition) is 0. The van der Waals surface area contributed by atoms with E-state index in [9.17, 15) is 4.79 Å². The van der Waals surface area contributed by atoms with Gasteiger partial charge in [0.1, 0.15) is 20.6 Å². The lowest BCUT2D eigenvalue weighted by Crippen LogP contribution is -2.42. The van der Waals surface area contributed by atoms with E-state index in [2.05, 4.69) is 13.5 Å². The van der Waals surface area contributed by atoms with Crippen LogP contribution in [-0.2, 0) is 9.63 Å². The molecule has 0 radical (unpaired) electrons. The number of hydroxylamine groups is 3. The van der Waals surface area contributed by atoms with Gasteiger partial charge in [-0.3, -0.25) is 4.84 Å². The molecule has 3 nitrogen and oxygen atoms in total. The topological polar surface area (TPSA) is 26.3 Å². The first-order valence-electron chi connectivity index (χ1n) is 4.61. The van der Waals surface area contributed by atoms with Gasteiger partial charge in [-0.15, -0.1) is 4.65 Å². The number of quaternary nitrogens is 1. The van der Waals surface area contributed by atoms with Crippen molar-refractivity contribution in [2.45, 2.75) is 26.7 Å². The molecule has 3 heteroatoms. The van der Waals surface area contributed by atoms with Crippen LogP contribution >= 0.6 is 0 Å². The summed E-state index contributed by atoms with van der Waals surface area (Å²) in [6, 6.07) is 0. The molecular formula is C10H20NO2+. The quantitative estimate of drug-likeness (QED) is 0.372. The molecule has 0 aliphatic rings. The van der Waals surface area contributed by atoms with E-state index in [0.717, 1.165) is 19.4 Å². The van der Waals surface area contributed by atoms with Gasteiger partial charge < -0.3 is 0 Å². The molecule has 0 saturated heterocycles. The maximum atomic E-state index is 11.2. The van der Waals surface area contributed by atoms with E-state index in [1.165, 1.54) is 0 Å². The fraction of sp³-hybridized carbons (Fsp3) is 0.700. The Bertz CT molecular complexity index is 197. The van der Waals surface area contributed by atoms with Gasteiger partial charge in [-0.25, -0.2) is 4.79 Å². The van der Waals surface area contributed by atoms with E-state index in [0.29, 0.717) is 5.57 Å². The van der Waals surface area contributed by atoms with Crippen molar-refractivity contribution in [3.05, 3.63) is 12.2 Å². The predicted molar refractivity (Wildman–Crippen MR) is 52.8 cm³/mol. The summed E-state index contributed by atoms with van der Waals surface area (Å²) in [7, 11) is 3.74. The molecule has 0 N–H and O–H groups in total.